The zero-order valence-corrected chi connectivity index (χ0v) is 38.6. The largest absolute Gasteiger partial charge is 0.481 e. The van der Waals surface area contributed by atoms with E-state index in [0.717, 1.165) is 10.8 Å². The summed E-state index contributed by atoms with van der Waals surface area (Å²) in [7, 11) is 0. The Bertz CT molecular complexity index is 2290. The van der Waals surface area contributed by atoms with E-state index in [9.17, 15) is 58.2 Å². The summed E-state index contributed by atoms with van der Waals surface area (Å²) in [6.07, 6.45) is -1.69. The Hall–Kier alpha value is -7.42. The van der Waals surface area contributed by atoms with Crippen LogP contribution in [0.3, 0.4) is 0 Å². The molecular formula is C47H62N8O13. The highest BCUT2D eigenvalue weighted by Crippen LogP contribution is 2.18. The lowest BCUT2D eigenvalue weighted by molar-refractivity contribution is -0.141. The second kappa shape index (κ2) is 26.7. The number of hydrogen-bond donors (Lipinski definition) is 11. The van der Waals surface area contributed by atoms with E-state index < -0.39 is 120 Å². The van der Waals surface area contributed by atoms with Crippen molar-refractivity contribution >= 4 is 70.0 Å². The number of carboxylic acids is 3. The molecule has 7 amide bonds. The molecule has 21 heteroatoms. The first kappa shape index (κ1) is 54.9. The number of amides is 7. The summed E-state index contributed by atoms with van der Waals surface area (Å²) in [5.74, 6) is -10.9. The van der Waals surface area contributed by atoms with Gasteiger partial charge in [0.15, 0.2) is 0 Å². The summed E-state index contributed by atoms with van der Waals surface area (Å²) in [5.41, 5.74) is 7.07. The minimum Gasteiger partial charge on any atom is -0.481 e. The maximum absolute atomic E-state index is 14.2. The molecule has 3 aromatic carbocycles. The van der Waals surface area contributed by atoms with E-state index >= 15 is 0 Å². The number of fused-ring (bicyclic) bond motifs is 1. The molecular weight excluding hydrogens is 885 g/mol. The Morgan fingerprint density at radius 2 is 1.12 bits per heavy atom. The SMILES string of the molecule is CC(C)C[C@H](NC(=O)[C@@H](NC(=O)[C@@H](N)CCC(=O)O)C(C)C)C(=O)N[C@@H](Cc1ccc2ccccc2c1)C(=O)N[C@@H](CC(=O)O)C(=O)N[C@@H](C)C(=O)NCC(=O)N[C@@H](Cc1ccccc1)C(=O)O. The Morgan fingerprint density at radius 1 is 0.544 bits per heavy atom. The van der Waals surface area contributed by atoms with Crippen LogP contribution < -0.4 is 43.0 Å². The van der Waals surface area contributed by atoms with Gasteiger partial charge in [0.1, 0.15) is 36.3 Å². The molecule has 21 nitrogen and oxygen atoms in total. The van der Waals surface area contributed by atoms with Crippen LogP contribution in [0.1, 0.15) is 71.4 Å². The number of benzene rings is 3. The summed E-state index contributed by atoms with van der Waals surface area (Å²) in [6.45, 7) is 7.39. The van der Waals surface area contributed by atoms with Gasteiger partial charge in [0.25, 0.3) is 0 Å². The molecule has 0 aliphatic heterocycles. The molecule has 7 atom stereocenters. The molecule has 0 heterocycles. The summed E-state index contributed by atoms with van der Waals surface area (Å²) >= 11 is 0. The van der Waals surface area contributed by atoms with Gasteiger partial charge < -0.3 is 58.3 Å². The number of carbonyl (C=O) groups is 10. The molecule has 0 spiro atoms. The molecule has 3 rings (SSSR count). The lowest BCUT2D eigenvalue weighted by Gasteiger charge is -2.28. The molecule has 0 aromatic heterocycles. The van der Waals surface area contributed by atoms with Gasteiger partial charge in [-0.3, -0.25) is 43.2 Å². The van der Waals surface area contributed by atoms with Crippen molar-refractivity contribution in [2.24, 2.45) is 17.6 Å². The summed E-state index contributed by atoms with van der Waals surface area (Å²) in [5, 5.41) is 47.2. The van der Waals surface area contributed by atoms with Gasteiger partial charge in [0, 0.05) is 19.3 Å². The number of hydrogen-bond acceptors (Lipinski definition) is 11. The van der Waals surface area contributed by atoms with Gasteiger partial charge >= 0.3 is 17.9 Å². The highest BCUT2D eigenvalue weighted by atomic mass is 16.4. The van der Waals surface area contributed by atoms with Crippen molar-refractivity contribution in [3.8, 4) is 0 Å². The fraction of sp³-hybridized carbons (Fsp3) is 0.447. The first-order chi connectivity index (χ1) is 32.0. The fourth-order valence-electron chi connectivity index (χ4n) is 6.90. The zero-order chi connectivity index (χ0) is 50.7. The minimum absolute atomic E-state index is 0.0314. The zero-order valence-electron chi connectivity index (χ0n) is 38.6. The van der Waals surface area contributed by atoms with Crippen molar-refractivity contribution in [1.29, 1.82) is 0 Å². The lowest BCUT2D eigenvalue weighted by atomic mass is 9.98. The molecule has 0 saturated carbocycles. The minimum atomic E-state index is -1.80. The van der Waals surface area contributed by atoms with Crippen LogP contribution in [0.2, 0.25) is 0 Å². The molecule has 368 valence electrons. The van der Waals surface area contributed by atoms with E-state index in [-0.39, 0.29) is 38.0 Å². The van der Waals surface area contributed by atoms with E-state index in [2.05, 4.69) is 37.2 Å². The number of carboxylic acid groups (broad SMARTS) is 3. The van der Waals surface area contributed by atoms with E-state index in [1.165, 1.54) is 6.92 Å². The molecule has 0 saturated heterocycles. The molecule has 0 bridgehead atoms. The molecule has 0 unspecified atom stereocenters. The van der Waals surface area contributed by atoms with Crippen molar-refractivity contribution in [3.05, 3.63) is 83.9 Å². The summed E-state index contributed by atoms with van der Waals surface area (Å²) < 4.78 is 0. The second-order valence-corrected chi connectivity index (χ2v) is 17.2. The highest BCUT2D eigenvalue weighted by Gasteiger charge is 2.34. The van der Waals surface area contributed by atoms with Crippen LogP contribution in [0.25, 0.3) is 10.8 Å². The number of nitrogens with two attached hydrogens (primary N) is 1. The van der Waals surface area contributed by atoms with Crippen molar-refractivity contribution in [3.63, 3.8) is 0 Å². The third-order valence-electron chi connectivity index (χ3n) is 10.6. The number of nitrogens with one attached hydrogen (secondary N) is 7. The van der Waals surface area contributed by atoms with Crippen LogP contribution in [-0.2, 0) is 60.8 Å². The van der Waals surface area contributed by atoms with Gasteiger partial charge in [-0.25, -0.2) is 4.79 Å². The van der Waals surface area contributed by atoms with Gasteiger partial charge in [-0.2, -0.15) is 0 Å². The van der Waals surface area contributed by atoms with Crippen molar-refractivity contribution < 1.29 is 63.3 Å². The summed E-state index contributed by atoms with van der Waals surface area (Å²) in [4.78, 5) is 129. The van der Waals surface area contributed by atoms with Crippen molar-refractivity contribution in [2.75, 3.05) is 6.54 Å². The number of aliphatic carboxylic acids is 3. The van der Waals surface area contributed by atoms with Crippen LogP contribution in [0, 0.1) is 11.8 Å². The first-order valence-corrected chi connectivity index (χ1v) is 22.1. The van der Waals surface area contributed by atoms with Gasteiger partial charge in [-0.05, 0) is 53.5 Å². The Balaban J connectivity index is 1.81. The first-order valence-electron chi connectivity index (χ1n) is 22.1. The van der Waals surface area contributed by atoms with Gasteiger partial charge in [0.2, 0.25) is 41.4 Å². The van der Waals surface area contributed by atoms with Crippen LogP contribution in [0.4, 0.5) is 0 Å². The monoisotopic (exact) mass is 946 g/mol. The Morgan fingerprint density at radius 3 is 1.72 bits per heavy atom. The highest BCUT2D eigenvalue weighted by molar-refractivity contribution is 5.98. The van der Waals surface area contributed by atoms with Crippen LogP contribution in [-0.4, -0.2) is 123 Å². The smallest absolute Gasteiger partial charge is 0.326 e. The van der Waals surface area contributed by atoms with Crippen LogP contribution in [0.5, 0.6) is 0 Å². The summed E-state index contributed by atoms with van der Waals surface area (Å²) in [6, 6.07) is 11.5. The average Bonchev–Trinajstić information content (AvgIpc) is 3.27. The maximum atomic E-state index is 14.2. The van der Waals surface area contributed by atoms with E-state index in [1.807, 2.05) is 18.2 Å². The second-order valence-electron chi connectivity index (χ2n) is 17.2. The third-order valence-corrected chi connectivity index (χ3v) is 10.6. The Kier molecular flexibility index (Phi) is 21.5. The van der Waals surface area contributed by atoms with E-state index in [4.69, 9.17) is 10.8 Å². The van der Waals surface area contributed by atoms with Crippen molar-refractivity contribution in [1.82, 2.24) is 37.2 Å². The van der Waals surface area contributed by atoms with E-state index in [0.29, 0.717) is 11.1 Å². The molecule has 12 N–H and O–H groups in total. The van der Waals surface area contributed by atoms with E-state index in [1.54, 1.807) is 82.3 Å². The normalized spacial score (nSPS) is 14.2. The topological polar surface area (TPSA) is 342 Å². The lowest BCUT2D eigenvalue weighted by Crippen LogP contribution is -2.60. The predicted molar refractivity (Wildman–Crippen MR) is 247 cm³/mol. The van der Waals surface area contributed by atoms with Crippen molar-refractivity contribution in [2.45, 2.75) is 115 Å². The molecule has 68 heavy (non-hydrogen) atoms. The number of carbonyl (C=O) groups excluding carboxylic acids is 7. The standard InChI is InChI=1S/C47H62N8O13/c1-25(2)19-33(54-46(66)40(26(3)4)55-42(62)32(48)17-18-38(57)58)44(64)52-34(22-29-15-16-30-13-9-10-14-31(30)20-29)45(65)53-35(23-39(59)60)43(63)50-27(5)41(61)49-24-37(56)51-36(47(67)68)21-28-11-7-6-8-12-28/h6-16,20,25-27,32-36,40H,17-19,21-24,48H2,1-5H3,(H,49,61)(H,50,63)(H,51,56)(H,52,64)(H,53,65)(H,54,66)(H,55,62)(H,57,58)(H,59,60)(H,67,68)/t27-,32-,33-,34-,35-,36-,40-/m0/s1. The van der Waals surface area contributed by atoms with Crippen LogP contribution in [0.15, 0.2) is 72.8 Å². The Labute approximate surface area is 393 Å². The fourth-order valence-corrected chi connectivity index (χ4v) is 6.90. The molecule has 3 aromatic rings. The molecule has 0 fully saturated rings. The van der Waals surface area contributed by atoms with Gasteiger partial charge in [-0.1, -0.05) is 100 Å². The van der Waals surface area contributed by atoms with Gasteiger partial charge in [0.05, 0.1) is 19.0 Å². The quantitative estimate of drug-likeness (QED) is 0.0484. The third kappa shape index (κ3) is 18.5. The predicted octanol–water partition coefficient (Wildman–Crippen LogP) is 0.123. The van der Waals surface area contributed by atoms with Crippen LogP contribution >= 0.6 is 0 Å². The molecule has 0 aliphatic carbocycles. The number of rotatable bonds is 27. The maximum Gasteiger partial charge on any atom is 0.326 e. The molecule has 0 radical (unpaired) electrons. The molecule has 0 aliphatic rings. The van der Waals surface area contributed by atoms with Gasteiger partial charge in [-0.15, -0.1) is 0 Å². The average molecular weight is 947 g/mol.